The van der Waals surface area contributed by atoms with Crippen molar-refractivity contribution in [2.75, 3.05) is 5.32 Å². The molecule has 11 heteroatoms. The van der Waals surface area contributed by atoms with Crippen molar-refractivity contribution >= 4 is 23.3 Å². The van der Waals surface area contributed by atoms with Gasteiger partial charge in [-0.3, -0.25) is 9.48 Å². The number of carbonyl (C=O) groups excluding carboxylic acids is 1. The topological polar surface area (TPSA) is 77.6 Å². The van der Waals surface area contributed by atoms with Crippen LogP contribution in [0.25, 0.3) is 0 Å². The van der Waals surface area contributed by atoms with Gasteiger partial charge >= 0.3 is 6.18 Å². The van der Waals surface area contributed by atoms with Crippen LogP contribution in [0, 0.1) is 6.92 Å². The van der Waals surface area contributed by atoms with Crippen molar-refractivity contribution in [2.24, 2.45) is 7.05 Å². The van der Waals surface area contributed by atoms with Gasteiger partial charge in [-0.25, -0.2) is 4.68 Å². The minimum atomic E-state index is -4.82. The molecule has 1 aromatic carbocycles. The van der Waals surface area contributed by atoms with E-state index in [1.165, 1.54) is 15.6 Å². The second-order valence-electron chi connectivity index (χ2n) is 6.52. The lowest BCUT2D eigenvalue weighted by atomic mass is 9.89. The summed E-state index contributed by atoms with van der Waals surface area (Å²) >= 11 is 5.93. The molecule has 0 saturated heterocycles. The van der Waals surface area contributed by atoms with E-state index in [9.17, 15) is 18.0 Å². The number of aryl methyl sites for hydroxylation is 2. The van der Waals surface area contributed by atoms with Crippen molar-refractivity contribution < 1.29 is 18.0 Å². The molecule has 0 saturated carbocycles. The van der Waals surface area contributed by atoms with Gasteiger partial charge < -0.3 is 5.32 Å². The van der Waals surface area contributed by atoms with Crippen LogP contribution < -0.4 is 5.32 Å². The quantitative estimate of drug-likeness (QED) is 0.651. The van der Waals surface area contributed by atoms with Crippen LogP contribution in [0.4, 0.5) is 19.1 Å². The van der Waals surface area contributed by atoms with E-state index in [1.54, 1.807) is 38.2 Å². The van der Waals surface area contributed by atoms with Gasteiger partial charge in [0.15, 0.2) is 5.78 Å². The average Bonchev–Trinajstić information content (AvgIpc) is 3.25. The molecule has 1 unspecified atom stereocenters. The first-order valence-electron chi connectivity index (χ1n) is 8.45. The number of ketones is 1. The first-order chi connectivity index (χ1) is 13.7. The third-order valence-electron chi connectivity index (χ3n) is 4.57. The largest absolute Gasteiger partial charge is 0.431 e. The summed E-state index contributed by atoms with van der Waals surface area (Å²) in [6.45, 7) is 1.56. The van der Waals surface area contributed by atoms with Gasteiger partial charge in [0, 0.05) is 18.3 Å². The lowest BCUT2D eigenvalue weighted by Crippen LogP contribution is -2.35. The van der Waals surface area contributed by atoms with Gasteiger partial charge in [-0.05, 0) is 24.6 Å². The first-order valence-corrected chi connectivity index (χ1v) is 8.83. The molecule has 3 heterocycles. The van der Waals surface area contributed by atoms with E-state index in [-0.39, 0.29) is 11.5 Å². The van der Waals surface area contributed by atoms with Crippen molar-refractivity contribution in [3.63, 3.8) is 0 Å². The van der Waals surface area contributed by atoms with Crippen LogP contribution in [-0.2, 0) is 7.05 Å². The van der Waals surface area contributed by atoms with Gasteiger partial charge in [-0.15, -0.1) is 0 Å². The molecule has 0 amide bonds. The number of rotatable bonds is 3. The molecule has 3 aromatic rings. The smallest absolute Gasteiger partial charge is 0.320 e. The Hall–Kier alpha value is -3.14. The third-order valence-corrected chi connectivity index (χ3v) is 4.82. The van der Waals surface area contributed by atoms with E-state index in [1.807, 2.05) is 0 Å². The molecule has 150 valence electrons. The van der Waals surface area contributed by atoms with Crippen LogP contribution in [0.3, 0.4) is 0 Å². The summed E-state index contributed by atoms with van der Waals surface area (Å²) in [4.78, 5) is 17.2. The monoisotopic (exact) mass is 422 g/mol. The van der Waals surface area contributed by atoms with Gasteiger partial charge in [0.05, 0.1) is 16.8 Å². The van der Waals surface area contributed by atoms with Gasteiger partial charge in [-0.1, -0.05) is 23.7 Å². The van der Waals surface area contributed by atoms with Crippen molar-refractivity contribution in [3.05, 3.63) is 69.9 Å². The molecule has 0 spiro atoms. The van der Waals surface area contributed by atoms with Gasteiger partial charge in [-0.2, -0.15) is 28.4 Å². The van der Waals surface area contributed by atoms with E-state index >= 15 is 0 Å². The molecular formula is C18H14ClF3N6O. The van der Waals surface area contributed by atoms with Crippen LogP contribution in [0.5, 0.6) is 0 Å². The van der Waals surface area contributed by atoms with Gasteiger partial charge in [0.25, 0.3) is 0 Å². The Morgan fingerprint density at radius 3 is 2.52 bits per heavy atom. The number of anilines is 1. The number of hydrogen-bond acceptors (Lipinski definition) is 5. The predicted molar refractivity (Wildman–Crippen MR) is 98.6 cm³/mol. The lowest BCUT2D eigenvalue weighted by Gasteiger charge is -2.30. The Labute approximate surface area is 167 Å². The summed E-state index contributed by atoms with van der Waals surface area (Å²) in [6, 6.07) is 5.05. The molecule has 0 radical (unpaired) electrons. The lowest BCUT2D eigenvalue weighted by molar-refractivity contribution is -0.0918. The number of fused-ring (bicyclic) bond motifs is 1. The fourth-order valence-corrected chi connectivity index (χ4v) is 3.47. The van der Waals surface area contributed by atoms with E-state index in [2.05, 4.69) is 20.5 Å². The first kappa shape index (κ1) is 19.2. The fraction of sp³-hybridized carbons (Fsp3) is 0.222. The van der Waals surface area contributed by atoms with Gasteiger partial charge in [0.2, 0.25) is 5.95 Å². The van der Waals surface area contributed by atoms with Crippen molar-refractivity contribution in [1.82, 2.24) is 24.5 Å². The van der Waals surface area contributed by atoms with Crippen LogP contribution in [0.15, 0.2) is 48.1 Å². The zero-order valence-electron chi connectivity index (χ0n) is 15.2. The third kappa shape index (κ3) is 3.29. The molecular weight excluding hydrogens is 409 g/mol. The van der Waals surface area contributed by atoms with Crippen molar-refractivity contribution in [1.29, 1.82) is 0 Å². The maximum atomic E-state index is 14.0. The Morgan fingerprint density at radius 1 is 1.24 bits per heavy atom. The summed E-state index contributed by atoms with van der Waals surface area (Å²) < 4.78 is 44.5. The van der Waals surface area contributed by atoms with Gasteiger partial charge in [0.1, 0.15) is 18.1 Å². The number of nitrogens with one attached hydrogen (secondary N) is 1. The summed E-state index contributed by atoms with van der Waals surface area (Å²) in [7, 11) is 1.59. The minimum absolute atomic E-state index is 0.0774. The number of Topliss-reactive ketones (excluding diaryl/α,β-unsaturated/α-hetero) is 1. The number of allylic oxidation sites excluding steroid dienone is 2. The second kappa shape index (κ2) is 6.73. The van der Waals surface area contributed by atoms with Crippen molar-refractivity contribution in [2.45, 2.75) is 19.1 Å². The number of halogens is 4. The van der Waals surface area contributed by atoms with Crippen LogP contribution in [-0.4, -0.2) is 36.5 Å². The highest BCUT2D eigenvalue weighted by Gasteiger charge is 2.46. The van der Waals surface area contributed by atoms with E-state index in [0.29, 0.717) is 16.3 Å². The average molecular weight is 423 g/mol. The number of benzene rings is 1. The minimum Gasteiger partial charge on any atom is -0.320 e. The van der Waals surface area contributed by atoms with Crippen LogP contribution >= 0.6 is 11.6 Å². The number of carbonyl (C=O) groups is 1. The highest BCUT2D eigenvalue weighted by atomic mass is 35.5. The highest BCUT2D eigenvalue weighted by molar-refractivity contribution is 6.30. The Morgan fingerprint density at radius 2 is 1.93 bits per heavy atom. The number of alkyl halides is 3. The Kier molecular flexibility index (Phi) is 4.45. The fourth-order valence-electron chi connectivity index (χ4n) is 3.35. The molecule has 0 fully saturated rings. The van der Waals surface area contributed by atoms with Crippen LogP contribution in [0.1, 0.15) is 27.7 Å². The predicted octanol–water partition coefficient (Wildman–Crippen LogP) is 3.69. The molecule has 4 rings (SSSR count). The molecule has 29 heavy (non-hydrogen) atoms. The SMILES string of the molecule is Cc1nn(C)cc1C(=O)C1=C(C(F)(F)F)Nc2ncnn2C1c1ccc(Cl)cc1. The number of aromatic nitrogens is 5. The van der Waals surface area contributed by atoms with Crippen LogP contribution in [0.2, 0.25) is 5.02 Å². The zero-order chi connectivity index (χ0) is 20.9. The van der Waals surface area contributed by atoms with E-state index < -0.39 is 29.3 Å². The molecule has 1 atom stereocenters. The zero-order valence-corrected chi connectivity index (χ0v) is 16.0. The maximum Gasteiger partial charge on any atom is 0.431 e. The van der Waals surface area contributed by atoms with E-state index in [4.69, 9.17) is 11.6 Å². The molecule has 2 aromatic heterocycles. The summed E-state index contributed by atoms with van der Waals surface area (Å²) in [5.74, 6) is -0.909. The second-order valence-corrected chi connectivity index (χ2v) is 6.96. The maximum absolute atomic E-state index is 14.0. The normalized spacial score (nSPS) is 16.6. The molecule has 1 aliphatic rings. The summed E-state index contributed by atoms with van der Waals surface area (Å²) in [5.41, 5.74) is -0.853. The molecule has 1 aliphatic heterocycles. The molecule has 1 N–H and O–H groups in total. The van der Waals surface area contributed by atoms with Crippen molar-refractivity contribution in [3.8, 4) is 0 Å². The standard InChI is InChI=1S/C18H14ClF3N6O/c1-9-12(7-27(2)26-9)15(29)13-14(10-3-5-11(19)6-4-10)28-17(23-8-24-28)25-16(13)18(20,21)22/h3-8,14H,1-2H3,(H,23,24,25). The molecule has 0 aliphatic carbocycles. The molecule has 0 bridgehead atoms. The number of hydrogen-bond donors (Lipinski definition) is 1. The van der Waals surface area contributed by atoms with E-state index in [0.717, 1.165) is 6.33 Å². The summed E-state index contributed by atoms with van der Waals surface area (Å²) in [6.07, 6.45) is -2.29. The highest BCUT2D eigenvalue weighted by Crippen LogP contribution is 2.42. The summed E-state index contributed by atoms with van der Waals surface area (Å²) in [5, 5.41) is 10.8. The Bertz CT molecular complexity index is 1130. The number of nitrogens with zero attached hydrogens (tertiary/aromatic N) is 5. The Balaban J connectivity index is 1.98. The molecule has 7 nitrogen and oxygen atoms in total.